The molecule has 108 valence electrons. The van der Waals surface area contributed by atoms with Gasteiger partial charge >= 0.3 is 0 Å². The Morgan fingerprint density at radius 2 is 1.94 bits per heavy atom. The van der Waals surface area contributed by atoms with Crippen LogP contribution in [-0.2, 0) is 9.47 Å². The molecule has 18 heavy (non-hydrogen) atoms. The third-order valence-electron chi connectivity index (χ3n) is 2.48. The Morgan fingerprint density at radius 1 is 1.28 bits per heavy atom. The van der Waals surface area contributed by atoms with Crippen molar-refractivity contribution in [2.24, 2.45) is 16.8 Å². The summed E-state index contributed by atoms with van der Waals surface area (Å²) < 4.78 is 10.3. The summed E-state index contributed by atoms with van der Waals surface area (Å²) in [5.41, 5.74) is 2.67. The number of ether oxygens (including phenoxy) is 2. The van der Waals surface area contributed by atoms with Gasteiger partial charge in [-0.3, -0.25) is 10.4 Å². The highest BCUT2D eigenvalue weighted by Gasteiger charge is 2.17. The largest absolute Gasteiger partial charge is 0.383 e. The first kappa shape index (κ1) is 17.2. The summed E-state index contributed by atoms with van der Waals surface area (Å²) in [6, 6.07) is 0.187. The molecule has 6 nitrogen and oxygen atoms in total. The minimum absolute atomic E-state index is 0.187. The fourth-order valence-corrected chi connectivity index (χ4v) is 1.54. The van der Waals surface area contributed by atoms with Crippen molar-refractivity contribution in [2.75, 3.05) is 40.5 Å². The van der Waals surface area contributed by atoms with Crippen molar-refractivity contribution in [1.29, 1.82) is 0 Å². The van der Waals surface area contributed by atoms with E-state index in [-0.39, 0.29) is 6.04 Å². The number of guanidine groups is 1. The zero-order valence-electron chi connectivity index (χ0n) is 12.3. The van der Waals surface area contributed by atoms with Crippen molar-refractivity contribution in [3.05, 3.63) is 0 Å². The third kappa shape index (κ3) is 6.78. The molecule has 0 aliphatic carbocycles. The molecule has 0 bridgehead atoms. The molecule has 0 saturated heterocycles. The number of hydrogen-bond acceptors (Lipinski definition) is 4. The van der Waals surface area contributed by atoms with Crippen molar-refractivity contribution in [3.63, 3.8) is 0 Å². The zero-order valence-corrected chi connectivity index (χ0v) is 12.3. The number of nitrogens with two attached hydrogens (primary N) is 1. The van der Waals surface area contributed by atoms with E-state index >= 15 is 0 Å². The molecule has 0 radical (unpaired) electrons. The molecule has 0 aromatic rings. The maximum Gasteiger partial charge on any atom is 0.208 e. The van der Waals surface area contributed by atoms with Crippen LogP contribution in [0.3, 0.4) is 0 Å². The van der Waals surface area contributed by atoms with Crippen LogP contribution in [0.2, 0.25) is 0 Å². The first-order valence-electron chi connectivity index (χ1n) is 6.32. The molecule has 0 heterocycles. The quantitative estimate of drug-likeness (QED) is 0.287. The number of nitrogens with one attached hydrogen (secondary N) is 1. The number of hydrogen-bond donors (Lipinski definition) is 2. The average molecular weight is 260 g/mol. The topological polar surface area (TPSA) is 72.1 Å². The van der Waals surface area contributed by atoms with Crippen LogP contribution in [0.5, 0.6) is 0 Å². The normalized spacial score (nSPS) is 13.8. The summed E-state index contributed by atoms with van der Waals surface area (Å²) in [5.74, 6) is 6.74. The van der Waals surface area contributed by atoms with Crippen molar-refractivity contribution in [3.8, 4) is 0 Å². The second-order valence-corrected chi connectivity index (χ2v) is 4.69. The van der Waals surface area contributed by atoms with Crippen LogP contribution in [-0.4, -0.2) is 57.4 Å². The Balaban J connectivity index is 4.70. The molecule has 0 amide bonds. The standard InChI is InChI=1S/C12H28N4O2/c1-10(2)8-14-12(15-13)16(6-7-17-4)11(3)9-18-5/h10-11H,6-9,13H2,1-5H3,(H,14,15). The average Bonchev–Trinajstić information content (AvgIpc) is 2.33. The van der Waals surface area contributed by atoms with E-state index in [0.29, 0.717) is 25.1 Å². The number of rotatable bonds is 8. The molecule has 1 atom stereocenters. The van der Waals surface area contributed by atoms with Crippen LogP contribution in [0.15, 0.2) is 4.99 Å². The van der Waals surface area contributed by atoms with Gasteiger partial charge in [-0.2, -0.15) is 0 Å². The molecule has 0 spiro atoms. The molecule has 0 aliphatic heterocycles. The van der Waals surface area contributed by atoms with Gasteiger partial charge in [0.15, 0.2) is 0 Å². The second kappa shape index (κ2) is 10.1. The Kier molecular flexibility index (Phi) is 9.63. The highest BCUT2D eigenvalue weighted by atomic mass is 16.5. The SMILES string of the molecule is COCCN(C(=NCC(C)C)NN)C(C)COC. The molecular formula is C12H28N4O2. The van der Waals surface area contributed by atoms with E-state index in [2.05, 4.69) is 36.1 Å². The fourth-order valence-electron chi connectivity index (χ4n) is 1.54. The summed E-state index contributed by atoms with van der Waals surface area (Å²) in [5, 5.41) is 0. The van der Waals surface area contributed by atoms with Gasteiger partial charge in [0.05, 0.1) is 19.3 Å². The summed E-state index contributed by atoms with van der Waals surface area (Å²) >= 11 is 0. The smallest absolute Gasteiger partial charge is 0.208 e. The van der Waals surface area contributed by atoms with Gasteiger partial charge in [-0.1, -0.05) is 13.8 Å². The van der Waals surface area contributed by atoms with E-state index in [9.17, 15) is 0 Å². The fraction of sp³-hybridized carbons (Fsp3) is 0.917. The summed E-state index contributed by atoms with van der Waals surface area (Å²) in [6.45, 7) is 9.01. The molecule has 0 rings (SSSR count). The van der Waals surface area contributed by atoms with Gasteiger partial charge in [0, 0.05) is 27.3 Å². The van der Waals surface area contributed by atoms with Gasteiger partial charge in [-0.05, 0) is 12.8 Å². The predicted octanol–water partition coefficient (Wildman–Crippen LogP) is 0.445. The van der Waals surface area contributed by atoms with Crippen LogP contribution in [0.4, 0.5) is 0 Å². The van der Waals surface area contributed by atoms with E-state index in [1.54, 1.807) is 14.2 Å². The van der Waals surface area contributed by atoms with Crippen molar-refractivity contribution in [2.45, 2.75) is 26.8 Å². The van der Waals surface area contributed by atoms with Gasteiger partial charge in [0.2, 0.25) is 5.96 Å². The molecule has 0 aromatic carbocycles. The van der Waals surface area contributed by atoms with E-state index in [0.717, 1.165) is 13.1 Å². The lowest BCUT2D eigenvalue weighted by molar-refractivity contribution is 0.111. The summed E-state index contributed by atoms with van der Waals surface area (Å²) in [4.78, 5) is 6.56. The van der Waals surface area contributed by atoms with Crippen LogP contribution >= 0.6 is 0 Å². The van der Waals surface area contributed by atoms with Crippen molar-refractivity contribution < 1.29 is 9.47 Å². The minimum Gasteiger partial charge on any atom is -0.383 e. The molecule has 0 saturated carbocycles. The molecule has 3 N–H and O–H groups in total. The lowest BCUT2D eigenvalue weighted by Gasteiger charge is -2.31. The molecule has 0 aliphatic rings. The minimum atomic E-state index is 0.187. The molecule has 0 aromatic heterocycles. The lowest BCUT2D eigenvalue weighted by atomic mass is 10.2. The number of hydrazine groups is 1. The third-order valence-corrected chi connectivity index (χ3v) is 2.48. The monoisotopic (exact) mass is 260 g/mol. The number of aliphatic imine (C=N–C) groups is 1. The molecule has 0 fully saturated rings. The van der Waals surface area contributed by atoms with Gasteiger partial charge < -0.3 is 14.4 Å². The highest BCUT2D eigenvalue weighted by molar-refractivity contribution is 5.79. The lowest BCUT2D eigenvalue weighted by Crippen LogP contribution is -2.51. The Hall–Kier alpha value is -0.850. The number of methoxy groups -OCH3 is 2. The first-order valence-corrected chi connectivity index (χ1v) is 6.32. The molecule has 1 unspecified atom stereocenters. The Bertz CT molecular complexity index is 234. The summed E-state index contributed by atoms with van der Waals surface area (Å²) in [7, 11) is 3.37. The van der Waals surface area contributed by atoms with Gasteiger partial charge in [0.1, 0.15) is 0 Å². The van der Waals surface area contributed by atoms with E-state index in [1.165, 1.54) is 0 Å². The zero-order chi connectivity index (χ0) is 14.0. The maximum atomic E-state index is 5.56. The molecule has 6 heteroatoms. The predicted molar refractivity (Wildman–Crippen MR) is 74.4 cm³/mol. The van der Waals surface area contributed by atoms with E-state index in [4.69, 9.17) is 15.3 Å². The van der Waals surface area contributed by atoms with Crippen LogP contribution in [0.1, 0.15) is 20.8 Å². The second-order valence-electron chi connectivity index (χ2n) is 4.69. The van der Waals surface area contributed by atoms with Crippen LogP contribution in [0.25, 0.3) is 0 Å². The Morgan fingerprint density at radius 3 is 2.39 bits per heavy atom. The van der Waals surface area contributed by atoms with E-state index in [1.807, 2.05) is 0 Å². The van der Waals surface area contributed by atoms with Gasteiger partial charge in [-0.25, -0.2) is 5.84 Å². The van der Waals surface area contributed by atoms with E-state index < -0.39 is 0 Å². The van der Waals surface area contributed by atoms with Crippen molar-refractivity contribution in [1.82, 2.24) is 10.3 Å². The highest BCUT2D eigenvalue weighted by Crippen LogP contribution is 2.02. The van der Waals surface area contributed by atoms with Crippen molar-refractivity contribution >= 4 is 5.96 Å². The first-order chi connectivity index (χ1) is 8.56. The van der Waals surface area contributed by atoms with Crippen LogP contribution < -0.4 is 11.3 Å². The number of nitrogens with zero attached hydrogens (tertiary/aromatic N) is 2. The van der Waals surface area contributed by atoms with Gasteiger partial charge in [0.25, 0.3) is 0 Å². The van der Waals surface area contributed by atoms with Gasteiger partial charge in [-0.15, -0.1) is 0 Å². The summed E-state index contributed by atoms with van der Waals surface area (Å²) in [6.07, 6.45) is 0. The maximum absolute atomic E-state index is 5.56. The molecular weight excluding hydrogens is 232 g/mol. The van der Waals surface area contributed by atoms with Crippen LogP contribution in [0, 0.1) is 5.92 Å². The Labute approximate surface area is 110 Å².